The number of carbonyl (C=O) groups excluding carboxylic acids is 2. The van der Waals surface area contributed by atoms with Crippen molar-refractivity contribution in [2.75, 3.05) is 33.3 Å². The van der Waals surface area contributed by atoms with Gasteiger partial charge in [-0.1, -0.05) is 23.7 Å². The number of amides is 1. The van der Waals surface area contributed by atoms with Gasteiger partial charge >= 0.3 is 5.97 Å². The lowest BCUT2D eigenvalue weighted by Gasteiger charge is -2.18. The molecule has 0 aromatic heterocycles. The number of ether oxygens (including phenoxy) is 4. The zero-order chi connectivity index (χ0) is 20.8. The van der Waals surface area contributed by atoms with Crippen molar-refractivity contribution in [2.24, 2.45) is 0 Å². The zero-order valence-corrected chi connectivity index (χ0v) is 19.0. The van der Waals surface area contributed by atoms with E-state index >= 15 is 0 Å². The van der Waals surface area contributed by atoms with Crippen molar-refractivity contribution in [3.63, 3.8) is 0 Å². The summed E-state index contributed by atoms with van der Waals surface area (Å²) in [5.41, 5.74) is 0.500. The first-order valence-electron chi connectivity index (χ1n) is 7.74. The summed E-state index contributed by atoms with van der Waals surface area (Å²) in [6, 6.07) is 6.72. The van der Waals surface area contributed by atoms with Crippen LogP contribution < -0.4 is 19.5 Å². The van der Waals surface area contributed by atoms with Crippen molar-refractivity contribution in [3.8, 4) is 17.2 Å². The molecule has 7 nitrogen and oxygen atoms in total. The number of carbonyl (C=O) groups is 2. The molecule has 0 aliphatic rings. The van der Waals surface area contributed by atoms with Gasteiger partial charge in [-0.15, -0.1) is 0 Å². The minimum Gasteiger partial charge on any atom is -0.492 e. The second kappa shape index (κ2) is 9.99. The van der Waals surface area contributed by atoms with E-state index in [-0.39, 0.29) is 31.8 Å². The highest BCUT2D eigenvalue weighted by molar-refractivity contribution is 9.11. The van der Waals surface area contributed by atoms with Gasteiger partial charge < -0.3 is 24.3 Å². The van der Waals surface area contributed by atoms with E-state index in [1.807, 2.05) is 0 Å². The maximum Gasteiger partial charge on any atom is 0.341 e. The molecule has 2 aromatic carbocycles. The lowest BCUT2D eigenvalue weighted by atomic mass is 10.2. The average molecular weight is 538 g/mol. The number of esters is 1. The standard InChI is InChI=1S/C18H16Br2ClNO6/c1-25-15-13(19)12(14(20)16(26-2)17(15)27-3)18(24)28-8-11(23)22-10-7-5-4-6-9(10)21/h4-7H,8H2,1-3H3,(H,22,23). The Labute approximate surface area is 183 Å². The Morgan fingerprint density at radius 3 is 2.00 bits per heavy atom. The fraction of sp³-hybridized carbons (Fsp3) is 0.222. The fourth-order valence-electron chi connectivity index (χ4n) is 2.31. The Morgan fingerprint density at radius 1 is 0.964 bits per heavy atom. The number of hydrogen-bond acceptors (Lipinski definition) is 6. The number of rotatable bonds is 7. The Balaban J connectivity index is 2.22. The highest BCUT2D eigenvalue weighted by Crippen LogP contribution is 2.50. The molecule has 150 valence electrons. The van der Waals surface area contributed by atoms with E-state index in [1.54, 1.807) is 24.3 Å². The minimum atomic E-state index is -0.771. The summed E-state index contributed by atoms with van der Waals surface area (Å²) in [5, 5.41) is 2.94. The third kappa shape index (κ3) is 4.71. The van der Waals surface area contributed by atoms with Crippen LogP contribution >= 0.6 is 43.5 Å². The van der Waals surface area contributed by atoms with Crippen LogP contribution in [0.25, 0.3) is 0 Å². The predicted octanol–water partition coefficient (Wildman–Crippen LogP) is 4.69. The van der Waals surface area contributed by atoms with Crippen LogP contribution in [-0.4, -0.2) is 39.8 Å². The summed E-state index contributed by atoms with van der Waals surface area (Å²) in [5.74, 6) is -0.532. The average Bonchev–Trinajstić information content (AvgIpc) is 2.67. The molecule has 0 radical (unpaired) electrons. The fourth-order valence-corrected chi connectivity index (χ4v) is 4.16. The number of para-hydroxylation sites is 1. The molecular weight excluding hydrogens is 521 g/mol. The second-order valence-electron chi connectivity index (χ2n) is 5.21. The smallest absolute Gasteiger partial charge is 0.341 e. The van der Waals surface area contributed by atoms with Crippen LogP contribution in [0.1, 0.15) is 10.4 Å². The first kappa shape index (κ1) is 22.3. The Hall–Kier alpha value is -1.97. The molecule has 0 spiro atoms. The number of nitrogens with one attached hydrogen (secondary N) is 1. The van der Waals surface area contributed by atoms with Crippen LogP contribution in [0.3, 0.4) is 0 Å². The van der Waals surface area contributed by atoms with Gasteiger partial charge in [0.2, 0.25) is 5.75 Å². The summed E-state index contributed by atoms with van der Waals surface area (Å²) in [7, 11) is 4.28. The van der Waals surface area contributed by atoms with Crippen LogP contribution in [0.5, 0.6) is 17.2 Å². The van der Waals surface area contributed by atoms with Gasteiger partial charge in [-0.25, -0.2) is 4.79 Å². The second-order valence-corrected chi connectivity index (χ2v) is 7.20. The van der Waals surface area contributed by atoms with Crippen LogP contribution in [0.4, 0.5) is 5.69 Å². The maximum atomic E-state index is 12.6. The molecule has 2 aromatic rings. The first-order chi connectivity index (χ1) is 13.3. The van der Waals surface area contributed by atoms with Crippen LogP contribution in [0.15, 0.2) is 33.2 Å². The molecule has 0 heterocycles. The molecule has 28 heavy (non-hydrogen) atoms. The molecule has 1 amide bonds. The molecule has 0 aliphatic heterocycles. The number of anilines is 1. The summed E-state index contributed by atoms with van der Waals surface area (Å²) in [6.45, 7) is -0.514. The third-order valence-corrected chi connectivity index (χ3v) is 5.39. The Bertz CT molecular complexity index is 875. The van der Waals surface area contributed by atoms with Crippen LogP contribution in [-0.2, 0) is 9.53 Å². The maximum absolute atomic E-state index is 12.6. The number of hydrogen-bond donors (Lipinski definition) is 1. The van der Waals surface area contributed by atoms with Crippen molar-refractivity contribution in [3.05, 3.63) is 43.8 Å². The molecule has 0 aliphatic carbocycles. The molecule has 0 bridgehead atoms. The van der Waals surface area contributed by atoms with Crippen molar-refractivity contribution in [1.29, 1.82) is 0 Å². The van der Waals surface area contributed by atoms with Crippen molar-refractivity contribution < 1.29 is 28.5 Å². The zero-order valence-electron chi connectivity index (χ0n) is 15.1. The summed E-state index contributed by atoms with van der Waals surface area (Å²) >= 11 is 12.6. The van der Waals surface area contributed by atoms with E-state index in [2.05, 4.69) is 37.2 Å². The molecule has 2 rings (SSSR count). The highest BCUT2D eigenvalue weighted by Gasteiger charge is 2.29. The molecule has 0 saturated heterocycles. The molecule has 0 unspecified atom stereocenters. The quantitative estimate of drug-likeness (QED) is 0.517. The summed E-state index contributed by atoms with van der Waals surface area (Å²) in [6.07, 6.45) is 0. The van der Waals surface area contributed by atoms with Crippen molar-refractivity contribution in [2.45, 2.75) is 0 Å². The van der Waals surface area contributed by atoms with E-state index in [4.69, 9.17) is 30.5 Å². The minimum absolute atomic E-state index is 0.0834. The molecular formula is C18H16Br2ClNO6. The van der Waals surface area contributed by atoms with E-state index in [1.165, 1.54) is 21.3 Å². The number of methoxy groups -OCH3 is 3. The van der Waals surface area contributed by atoms with Gasteiger partial charge in [-0.2, -0.15) is 0 Å². The van der Waals surface area contributed by atoms with Crippen molar-refractivity contribution in [1.82, 2.24) is 0 Å². The Kier molecular flexibility index (Phi) is 7.97. The third-order valence-electron chi connectivity index (χ3n) is 3.55. The molecule has 0 saturated carbocycles. The lowest BCUT2D eigenvalue weighted by Crippen LogP contribution is -2.21. The normalized spacial score (nSPS) is 10.2. The first-order valence-corrected chi connectivity index (χ1v) is 9.70. The highest BCUT2D eigenvalue weighted by atomic mass is 79.9. The van der Waals surface area contributed by atoms with E-state index < -0.39 is 18.5 Å². The SMILES string of the molecule is COc1c(Br)c(C(=O)OCC(=O)Nc2ccccc2Cl)c(Br)c(OC)c1OC. The largest absolute Gasteiger partial charge is 0.492 e. The predicted molar refractivity (Wildman–Crippen MR) is 112 cm³/mol. The van der Waals surface area contributed by atoms with Gasteiger partial charge in [0.15, 0.2) is 18.1 Å². The van der Waals surface area contributed by atoms with E-state index in [9.17, 15) is 9.59 Å². The molecule has 10 heteroatoms. The number of benzene rings is 2. The van der Waals surface area contributed by atoms with Gasteiger partial charge in [0.1, 0.15) is 0 Å². The summed E-state index contributed by atoms with van der Waals surface area (Å²) in [4.78, 5) is 24.7. The lowest BCUT2D eigenvalue weighted by molar-refractivity contribution is -0.119. The van der Waals surface area contributed by atoms with E-state index in [0.717, 1.165) is 0 Å². The molecule has 1 N–H and O–H groups in total. The number of halogens is 3. The van der Waals surface area contributed by atoms with Crippen molar-refractivity contribution >= 4 is 61.0 Å². The molecule has 0 atom stereocenters. The van der Waals surface area contributed by atoms with Gasteiger partial charge in [0.25, 0.3) is 5.91 Å². The van der Waals surface area contributed by atoms with Crippen LogP contribution in [0.2, 0.25) is 5.02 Å². The monoisotopic (exact) mass is 535 g/mol. The van der Waals surface area contributed by atoms with Gasteiger partial charge in [-0.05, 0) is 44.0 Å². The Morgan fingerprint density at radius 2 is 1.50 bits per heavy atom. The topological polar surface area (TPSA) is 83.1 Å². The summed E-state index contributed by atoms with van der Waals surface area (Å²) < 4.78 is 21.6. The van der Waals surface area contributed by atoms with Crippen LogP contribution in [0, 0.1) is 0 Å². The van der Waals surface area contributed by atoms with Gasteiger partial charge in [0.05, 0.1) is 46.5 Å². The van der Waals surface area contributed by atoms with Gasteiger partial charge in [0, 0.05) is 0 Å². The molecule has 0 fully saturated rings. The van der Waals surface area contributed by atoms with E-state index in [0.29, 0.717) is 10.7 Å². The van der Waals surface area contributed by atoms with Gasteiger partial charge in [-0.3, -0.25) is 4.79 Å².